The maximum absolute atomic E-state index is 14.0. The smallest absolute Gasteiger partial charge is 0.308 e. The Morgan fingerprint density at radius 2 is 1.82 bits per heavy atom. The number of urea groups is 1. The molecule has 3 aromatic carbocycles. The molecule has 2 heterocycles. The molecule has 5 rings (SSSR count). The second-order valence-electron chi connectivity index (χ2n) is 8.49. The van der Waals surface area contributed by atoms with Crippen LogP contribution in [0.3, 0.4) is 0 Å². The van der Waals surface area contributed by atoms with Crippen molar-refractivity contribution in [2.45, 2.75) is 25.3 Å². The number of anilines is 2. The predicted molar refractivity (Wildman–Crippen MR) is 135 cm³/mol. The van der Waals surface area contributed by atoms with Gasteiger partial charge in [-0.25, -0.2) is 4.79 Å². The third kappa shape index (κ3) is 3.77. The number of carbonyl (C=O) groups is 2. The van der Waals surface area contributed by atoms with Gasteiger partial charge in [0.2, 0.25) is 0 Å². The molecule has 7 heteroatoms. The summed E-state index contributed by atoms with van der Waals surface area (Å²) in [7, 11) is 0. The number of carbonyl (C=O) groups excluding carboxylic acids is 2. The van der Waals surface area contributed by atoms with E-state index in [-0.39, 0.29) is 11.9 Å². The van der Waals surface area contributed by atoms with Crippen molar-refractivity contribution in [3.05, 3.63) is 94.0 Å². The number of amides is 3. The summed E-state index contributed by atoms with van der Waals surface area (Å²) in [4.78, 5) is 29.8. The highest BCUT2D eigenvalue weighted by Gasteiger charge is 2.59. The number of hydrogen-bond donors (Lipinski definition) is 1. The Morgan fingerprint density at radius 3 is 2.58 bits per heavy atom. The number of thioether (sulfide) groups is 1. The average Bonchev–Trinajstić information content (AvgIpc) is 3.31. The van der Waals surface area contributed by atoms with Crippen LogP contribution >= 0.6 is 23.4 Å². The first-order valence-electron chi connectivity index (χ1n) is 10.9. The lowest BCUT2D eigenvalue weighted by Crippen LogP contribution is -2.51. The van der Waals surface area contributed by atoms with Crippen molar-refractivity contribution in [1.82, 2.24) is 4.90 Å². The first-order valence-corrected chi connectivity index (χ1v) is 12.2. The van der Waals surface area contributed by atoms with Crippen molar-refractivity contribution >= 4 is 46.7 Å². The summed E-state index contributed by atoms with van der Waals surface area (Å²) >= 11 is 7.87. The summed E-state index contributed by atoms with van der Waals surface area (Å²) < 4.78 is 0. The van der Waals surface area contributed by atoms with Crippen LogP contribution in [-0.2, 0) is 16.2 Å². The van der Waals surface area contributed by atoms with Crippen LogP contribution in [0.15, 0.2) is 66.7 Å². The minimum Gasteiger partial charge on any atom is -0.308 e. The third-order valence-electron chi connectivity index (χ3n) is 6.09. The van der Waals surface area contributed by atoms with E-state index in [9.17, 15) is 9.59 Å². The molecule has 33 heavy (non-hydrogen) atoms. The van der Waals surface area contributed by atoms with Crippen molar-refractivity contribution in [2.75, 3.05) is 22.5 Å². The molecule has 0 aromatic heterocycles. The van der Waals surface area contributed by atoms with Crippen LogP contribution in [0.4, 0.5) is 16.2 Å². The molecule has 0 unspecified atom stereocenters. The van der Waals surface area contributed by atoms with E-state index in [2.05, 4.69) is 11.4 Å². The topological polar surface area (TPSA) is 52.7 Å². The number of fused-ring (bicyclic) bond motifs is 2. The van der Waals surface area contributed by atoms with Gasteiger partial charge in [-0.15, -0.1) is 11.8 Å². The molecule has 2 aliphatic rings. The minimum absolute atomic E-state index is 0.108. The highest BCUT2D eigenvalue weighted by Crippen LogP contribution is 2.55. The summed E-state index contributed by atoms with van der Waals surface area (Å²) in [6.45, 7) is 4.92. The van der Waals surface area contributed by atoms with E-state index >= 15 is 0 Å². The Labute approximate surface area is 202 Å². The molecule has 0 saturated carbocycles. The van der Waals surface area contributed by atoms with E-state index in [1.165, 1.54) is 11.8 Å². The Morgan fingerprint density at radius 1 is 1.06 bits per heavy atom. The number of halogens is 1. The molecule has 5 nitrogen and oxygen atoms in total. The van der Waals surface area contributed by atoms with Crippen molar-refractivity contribution in [3.8, 4) is 0 Å². The number of rotatable bonds is 3. The number of nitrogens with zero attached hydrogens (tertiary/aromatic N) is 2. The lowest BCUT2D eigenvalue weighted by Gasteiger charge is -2.33. The summed E-state index contributed by atoms with van der Waals surface area (Å²) in [5, 5.41) is 3.53. The van der Waals surface area contributed by atoms with E-state index in [0.717, 1.165) is 27.9 Å². The molecule has 2 aliphatic heterocycles. The second-order valence-corrected chi connectivity index (χ2v) is 10.2. The molecule has 1 spiro atoms. The van der Waals surface area contributed by atoms with Gasteiger partial charge in [-0.3, -0.25) is 9.69 Å². The first-order chi connectivity index (χ1) is 15.9. The summed E-state index contributed by atoms with van der Waals surface area (Å²) in [6, 6.07) is 21.0. The summed E-state index contributed by atoms with van der Waals surface area (Å²) in [5.74, 6) is 0.556. The van der Waals surface area contributed by atoms with Crippen molar-refractivity contribution in [3.63, 3.8) is 0 Å². The van der Waals surface area contributed by atoms with Gasteiger partial charge in [-0.1, -0.05) is 53.6 Å². The van der Waals surface area contributed by atoms with E-state index < -0.39 is 4.87 Å². The minimum atomic E-state index is -1.13. The van der Waals surface area contributed by atoms with Crippen LogP contribution < -0.4 is 10.2 Å². The zero-order valence-corrected chi connectivity index (χ0v) is 20.0. The monoisotopic (exact) mass is 477 g/mol. The molecule has 0 bridgehead atoms. The fraction of sp³-hybridized carbons (Fsp3) is 0.231. The van der Waals surface area contributed by atoms with Crippen LogP contribution in [0.1, 0.15) is 22.3 Å². The molecule has 0 radical (unpaired) electrons. The van der Waals surface area contributed by atoms with Crippen molar-refractivity contribution in [2.24, 2.45) is 0 Å². The van der Waals surface area contributed by atoms with Gasteiger partial charge >= 0.3 is 6.03 Å². The van der Waals surface area contributed by atoms with Gasteiger partial charge in [0, 0.05) is 28.6 Å². The number of nitrogens with one attached hydrogen (secondary N) is 1. The van der Waals surface area contributed by atoms with E-state index in [1.54, 1.807) is 15.9 Å². The molecular weight excluding hydrogens is 454 g/mol. The van der Waals surface area contributed by atoms with Crippen LogP contribution in [0, 0.1) is 13.8 Å². The van der Waals surface area contributed by atoms with Crippen LogP contribution in [0.25, 0.3) is 0 Å². The largest absolute Gasteiger partial charge is 0.323 e. The fourth-order valence-corrected chi connectivity index (χ4v) is 6.28. The highest BCUT2D eigenvalue weighted by molar-refractivity contribution is 8.01. The highest BCUT2D eigenvalue weighted by atomic mass is 35.5. The Kier molecular flexibility index (Phi) is 5.59. The number of aryl methyl sites for hydroxylation is 2. The van der Waals surface area contributed by atoms with E-state index in [1.807, 2.05) is 68.4 Å². The maximum Gasteiger partial charge on any atom is 0.323 e. The van der Waals surface area contributed by atoms with Gasteiger partial charge in [-0.2, -0.15) is 0 Å². The zero-order chi connectivity index (χ0) is 23.2. The molecule has 0 aliphatic carbocycles. The molecule has 3 aromatic rings. The molecule has 3 amide bonds. The number of hydrogen-bond acceptors (Lipinski definition) is 3. The van der Waals surface area contributed by atoms with Gasteiger partial charge in [0.15, 0.2) is 4.87 Å². The zero-order valence-electron chi connectivity index (χ0n) is 18.5. The summed E-state index contributed by atoms with van der Waals surface area (Å²) in [6.07, 6.45) is 0. The lowest BCUT2D eigenvalue weighted by atomic mass is 10.1. The maximum atomic E-state index is 14.0. The predicted octanol–water partition coefficient (Wildman–Crippen LogP) is 5.94. The quantitative estimate of drug-likeness (QED) is 0.508. The van der Waals surface area contributed by atoms with Crippen molar-refractivity contribution < 1.29 is 9.59 Å². The van der Waals surface area contributed by atoms with Gasteiger partial charge < -0.3 is 10.2 Å². The van der Waals surface area contributed by atoms with Gasteiger partial charge in [0.1, 0.15) is 0 Å². The van der Waals surface area contributed by atoms with Crippen LogP contribution in [0.2, 0.25) is 5.02 Å². The second kappa shape index (κ2) is 8.43. The van der Waals surface area contributed by atoms with Gasteiger partial charge in [-0.05, 0) is 55.3 Å². The standard InChI is InChI=1S/C26H24ClN3O2S/c1-17-5-3-7-19(13-17)16-29-23-10-9-20(27)15-22(23)26(24(29)31)30(11-12-33-26)25(32)28-21-8-4-6-18(2)14-21/h3-10,13-15H,11-12,16H2,1-2H3,(H,28,32)/t26-/m0/s1. The third-order valence-corrected chi connectivity index (χ3v) is 7.75. The molecule has 1 atom stereocenters. The fourth-order valence-electron chi connectivity index (χ4n) is 4.65. The molecule has 1 fully saturated rings. The Balaban J connectivity index is 1.54. The average molecular weight is 478 g/mol. The van der Waals surface area contributed by atoms with Gasteiger partial charge in [0.05, 0.1) is 12.2 Å². The summed E-state index contributed by atoms with van der Waals surface area (Å²) in [5.41, 5.74) is 5.51. The van der Waals surface area contributed by atoms with Crippen LogP contribution in [-0.4, -0.2) is 29.1 Å². The molecule has 1 N–H and O–H groups in total. The molecular formula is C26H24ClN3O2S. The lowest BCUT2D eigenvalue weighted by molar-refractivity contribution is -0.123. The van der Waals surface area contributed by atoms with Gasteiger partial charge in [0.25, 0.3) is 5.91 Å². The Hall–Kier alpha value is -2.96. The van der Waals surface area contributed by atoms with Crippen LogP contribution in [0.5, 0.6) is 0 Å². The van der Waals surface area contributed by atoms with Crippen molar-refractivity contribution in [1.29, 1.82) is 0 Å². The first kappa shape index (κ1) is 21.9. The SMILES string of the molecule is Cc1cccc(CN2C(=O)[C@@]3(SCCN3C(=O)Nc3cccc(C)c3)c3cc(Cl)ccc32)c1. The normalized spacial score (nSPS) is 19.3. The number of benzene rings is 3. The Bertz CT molecular complexity index is 1260. The molecule has 1 saturated heterocycles. The van der Waals surface area contributed by atoms with E-state index in [4.69, 9.17) is 11.6 Å². The molecule has 168 valence electrons. The van der Waals surface area contributed by atoms with E-state index in [0.29, 0.717) is 29.6 Å².